The van der Waals surface area contributed by atoms with E-state index in [1.165, 1.54) is 0 Å². The lowest BCUT2D eigenvalue weighted by Gasteiger charge is -1.98. The van der Waals surface area contributed by atoms with Gasteiger partial charge in [-0.3, -0.25) is 4.98 Å². The van der Waals surface area contributed by atoms with Crippen molar-refractivity contribution in [3.8, 4) is 17.2 Å². The summed E-state index contributed by atoms with van der Waals surface area (Å²) in [6.45, 7) is 1.74. The van der Waals surface area contributed by atoms with E-state index >= 15 is 0 Å². The second-order valence-electron chi connectivity index (χ2n) is 2.74. The summed E-state index contributed by atoms with van der Waals surface area (Å²) in [5, 5.41) is 7.61. The first-order valence-electron chi connectivity index (χ1n) is 4.09. The number of nitrogens with zero attached hydrogens (tertiary/aromatic N) is 3. The maximum absolute atomic E-state index is 5.25. The molecule has 0 saturated carbocycles. The molecule has 0 radical (unpaired) electrons. The number of hydrogen-bond donors (Lipinski definition) is 0. The molecule has 0 spiro atoms. The summed E-state index contributed by atoms with van der Waals surface area (Å²) in [4.78, 5) is 3.99. The van der Waals surface area contributed by atoms with Crippen LogP contribution in [0.3, 0.4) is 0 Å². The SMILES string of the molecule is COc1cncc(-c2nnc(C)o2)c1. The van der Waals surface area contributed by atoms with Gasteiger partial charge < -0.3 is 9.15 Å². The standard InChI is InChI=1S/C9H9N3O2/c1-6-11-12-9(14-6)7-3-8(13-2)5-10-4-7/h3-5H,1-2H3. The monoisotopic (exact) mass is 191 g/mol. The van der Waals surface area contributed by atoms with Crippen LogP contribution >= 0.6 is 0 Å². The van der Waals surface area contributed by atoms with Crippen molar-refractivity contribution in [2.45, 2.75) is 6.92 Å². The molecule has 5 nitrogen and oxygen atoms in total. The summed E-state index contributed by atoms with van der Waals surface area (Å²) in [5.74, 6) is 1.65. The zero-order valence-electron chi connectivity index (χ0n) is 7.89. The summed E-state index contributed by atoms with van der Waals surface area (Å²) in [5.41, 5.74) is 0.755. The van der Waals surface area contributed by atoms with E-state index in [0.717, 1.165) is 5.56 Å². The summed E-state index contributed by atoms with van der Waals surface area (Å²) < 4.78 is 10.3. The summed E-state index contributed by atoms with van der Waals surface area (Å²) in [6, 6.07) is 1.79. The van der Waals surface area contributed by atoms with Crippen molar-refractivity contribution in [2.24, 2.45) is 0 Å². The minimum Gasteiger partial charge on any atom is -0.495 e. The van der Waals surface area contributed by atoms with Crippen molar-refractivity contribution >= 4 is 0 Å². The number of hydrogen-bond acceptors (Lipinski definition) is 5. The van der Waals surface area contributed by atoms with Crippen LogP contribution in [0.15, 0.2) is 22.9 Å². The van der Waals surface area contributed by atoms with Crippen molar-refractivity contribution in [3.05, 3.63) is 24.4 Å². The molecule has 2 rings (SSSR count). The maximum Gasteiger partial charge on any atom is 0.249 e. The molecule has 0 N–H and O–H groups in total. The zero-order chi connectivity index (χ0) is 9.97. The van der Waals surface area contributed by atoms with Crippen LogP contribution in [0.1, 0.15) is 5.89 Å². The van der Waals surface area contributed by atoms with E-state index in [1.54, 1.807) is 32.5 Å². The van der Waals surface area contributed by atoms with Gasteiger partial charge in [0.1, 0.15) is 5.75 Å². The third-order valence-electron chi connectivity index (χ3n) is 1.72. The first kappa shape index (κ1) is 8.68. The van der Waals surface area contributed by atoms with E-state index in [-0.39, 0.29) is 0 Å². The molecule has 0 aromatic carbocycles. The maximum atomic E-state index is 5.25. The Kier molecular flexibility index (Phi) is 2.14. The highest BCUT2D eigenvalue weighted by Crippen LogP contribution is 2.20. The molecule has 2 aromatic heterocycles. The van der Waals surface area contributed by atoms with Crippen LogP contribution in [0, 0.1) is 6.92 Å². The first-order chi connectivity index (χ1) is 6.79. The van der Waals surface area contributed by atoms with E-state index in [0.29, 0.717) is 17.5 Å². The smallest absolute Gasteiger partial charge is 0.249 e. The minimum absolute atomic E-state index is 0.453. The Morgan fingerprint density at radius 2 is 2.14 bits per heavy atom. The van der Waals surface area contributed by atoms with Crippen molar-refractivity contribution in [1.82, 2.24) is 15.2 Å². The van der Waals surface area contributed by atoms with Crippen molar-refractivity contribution < 1.29 is 9.15 Å². The molecule has 0 atom stereocenters. The van der Waals surface area contributed by atoms with Gasteiger partial charge in [-0.25, -0.2) is 0 Å². The Balaban J connectivity index is 2.41. The molecular formula is C9H9N3O2. The minimum atomic E-state index is 0.453. The fraction of sp³-hybridized carbons (Fsp3) is 0.222. The second kappa shape index (κ2) is 3.45. The normalized spacial score (nSPS) is 10.1. The average Bonchev–Trinajstić information content (AvgIpc) is 2.65. The Morgan fingerprint density at radius 1 is 1.29 bits per heavy atom. The molecule has 2 aromatic rings. The van der Waals surface area contributed by atoms with Gasteiger partial charge in [0.15, 0.2) is 0 Å². The van der Waals surface area contributed by atoms with Gasteiger partial charge in [-0.1, -0.05) is 0 Å². The lowest BCUT2D eigenvalue weighted by Crippen LogP contribution is -1.86. The van der Waals surface area contributed by atoms with Crippen molar-refractivity contribution in [2.75, 3.05) is 7.11 Å². The molecular weight excluding hydrogens is 182 g/mol. The number of ether oxygens (including phenoxy) is 1. The largest absolute Gasteiger partial charge is 0.495 e. The van der Waals surface area contributed by atoms with Crippen LogP contribution in [0.25, 0.3) is 11.5 Å². The topological polar surface area (TPSA) is 61.0 Å². The van der Waals surface area contributed by atoms with Crippen LogP contribution < -0.4 is 4.74 Å². The molecule has 0 aliphatic carbocycles. The highest BCUT2D eigenvalue weighted by atomic mass is 16.5. The van der Waals surface area contributed by atoms with Gasteiger partial charge in [0.2, 0.25) is 11.8 Å². The molecule has 5 heteroatoms. The van der Waals surface area contributed by atoms with Crippen molar-refractivity contribution in [3.63, 3.8) is 0 Å². The zero-order valence-corrected chi connectivity index (χ0v) is 7.89. The van der Waals surface area contributed by atoms with Gasteiger partial charge in [-0.05, 0) is 6.07 Å². The highest BCUT2D eigenvalue weighted by molar-refractivity contribution is 5.53. The van der Waals surface area contributed by atoms with E-state index in [9.17, 15) is 0 Å². The van der Waals surface area contributed by atoms with Gasteiger partial charge in [-0.2, -0.15) is 0 Å². The van der Waals surface area contributed by atoms with E-state index in [1.807, 2.05) is 0 Å². The lowest BCUT2D eigenvalue weighted by atomic mass is 10.3. The first-order valence-corrected chi connectivity index (χ1v) is 4.09. The average molecular weight is 191 g/mol. The lowest BCUT2D eigenvalue weighted by molar-refractivity contribution is 0.413. The summed E-state index contributed by atoms with van der Waals surface area (Å²) >= 11 is 0. The highest BCUT2D eigenvalue weighted by Gasteiger charge is 2.06. The molecule has 0 saturated heterocycles. The Hall–Kier alpha value is -1.91. The van der Waals surface area contributed by atoms with E-state index in [4.69, 9.17) is 9.15 Å². The summed E-state index contributed by atoms with van der Waals surface area (Å²) in [6.07, 6.45) is 3.27. The van der Waals surface area contributed by atoms with Gasteiger partial charge in [0.05, 0.1) is 18.9 Å². The van der Waals surface area contributed by atoms with Gasteiger partial charge in [0.25, 0.3) is 0 Å². The van der Waals surface area contributed by atoms with E-state index < -0.39 is 0 Å². The molecule has 14 heavy (non-hydrogen) atoms. The fourth-order valence-corrected chi connectivity index (χ4v) is 1.06. The second-order valence-corrected chi connectivity index (χ2v) is 2.74. The van der Waals surface area contributed by atoms with Crippen LogP contribution in [0.2, 0.25) is 0 Å². The van der Waals surface area contributed by atoms with Crippen LogP contribution in [0.4, 0.5) is 0 Å². The number of aromatic nitrogens is 3. The fourth-order valence-electron chi connectivity index (χ4n) is 1.06. The van der Waals surface area contributed by atoms with Crippen LogP contribution in [-0.4, -0.2) is 22.3 Å². The third kappa shape index (κ3) is 1.56. The molecule has 2 heterocycles. The molecule has 0 aliphatic heterocycles. The predicted octanol–water partition coefficient (Wildman–Crippen LogP) is 1.45. The van der Waals surface area contributed by atoms with Gasteiger partial charge in [0, 0.05) is 13.1 Å². The van der Waals surface area contributed by atoms with Crippen LogP contribution in [0.5, 0.6) is 5.75 Å². The Morgan fingerprint density at radius 3 is 2.79 bits per heavy atom. The van der Waals surface area contributed by atoms with Gasteiger partial charge >= 0.3 is 0 Å². The Bertz CT molecular complexity index is 439. The quantitative estimate of drug-likeness (QED) is 0.718. The molecule has 0 fully saturated rings. The molecule has 72 valence electrons. The third-order valence-corrected chi connectivity index (χ3v) is 1.72. The van der Waals surface area contributed by atoms with E-state index in [2.05, 4.69) is 15.2 Å². The molecule has 0 unspecified atom stereocenters. The predicted molar refractivity (Wildman–Crippen MR) is 48.8 cm³/mol. The number of methoxy groups -OCH3 is 1. The van der Waals surface area contributed by atoms with Crippen molar-refractivity contribution in [1.29, 1.82) is 0 Å². The molecule has 0 amide bonds. The number of rotatable bonds is 2. The van der Waals surface area contributed by atoms with Gasteiger partial charge in [-0.15, -0.1) is 10.2 Å². The Labute approximate surface area is 80.8 Å². The number of pyridine rings is 1. The molecule has 0 aliphatic rings. The molecule has 0 bridgehead atoms. The number of aryl methyl sites for hydroxylation is 1. The van der Waals surface area contributed by atoms with Crippen LogP contribution in [-0.2, 0) is 0 Å². The summed E-state index contributed by atoms with van der Waals surface area (Å²) in [7, 11) is 1.58.